The molecule has 0 unspecified atom stereocenters. The topological polar surface area (TPSA) is 94.0 Å². The van der Waals surface area contributed by atoms with Crippen LogP contribution in [0.1, 0.15) is 38.3 Å². The minimum absolute atomic E-state index is 0.0948. The van der Waals surface area contributed by atoms with Gasteiger partial charge < -0.3 is 4.42 Å². The highest BCUT2D eigenvalue weighted by atomic mass is 16.4. The molecule has 5 rings (SSSR count). The normalized spacial score (nSPS) is 20.8. The number of allylic oxidation sites excluding steroid dienone is 1. The number of oxazole rings is 1. The van der Waals surface area contributed by atoms with Crippen molar-refractivity contribution >= 4 is 28.9 Å². The number of nitrogens with zero attached hydrogens (tertiary/aromatic N) is 2. The molecule has 1 aliphatic heterocycles. The number of aromatic nitrogens is 2. The number of ketones is 1. The molecule has 2 aromatic heterocycles. The van der Waals surface area contributed by atoms with E-state index < -0.39 is 0 Å². The van der Waals surface area contributed by atoms with Crippen molar-refractivity contribution in [2.24, 2.45) is 5.41 Å². The first kappa shape index (κ1) is 17.6. The summed E-state index contributed by atoms with van der Waals surface area (Å²) in [6.07, 6.45) is 4.83. The Hall–Kier alpha value is -3.48. The molecule has 3 aromatic rings. The van der Waals surface area contributed by atoms with Gasteiger partial charge >= 0.3 is 12.0 Å². The molecule has 2 aliphatic rings. The van der Waals surface area contributed by atoms with Crippen molar-refractivity contribution < 1.29 is 14.2 Å². The lowest BCUT2D eigenvalue weighted by Crippen LogP contribution is -2.82. The minimum atomic E-state index is -0.282. The third-order valence-electron chi connectivity index (χ3n) is 5.32. The average molecular weight is 388 g/mol. The monoisotopic (exact) mass is 388 g/mol. The number of benzene rings is 1. The molecular weight excluding hydrogens is 366 g/mol. The van der Waals surface area contributed by atoms with Gasteiger partial charge in [-0.1, -0.05) is 32.0 Å². The summed E-state index contributed by atoms with van der Waals surface area (Å²) in [6, 6.07) is 11.6. The van der Waals surface area contributed by atoms with Crippen LogP contribution in [0.5, 0.6) is 0 Å². The van der Waals surface area contributed by atoms with Gasteiger partial charge in [0.2, 0.25) is 0 Å². The van der Waals surface area contributed by atoms with Crippen molar-refractivity contribution in [3.63, 3.8) is 0 Å². The Balaban J connectivity index is 1.54. The second kappa shape index (κ2) is 6.55. The van der Waals surface area contributed by atoms with E-state index in [-0.39, 0.29) is 17.2 Å². The smallest absolute Gasteiger partial charge is 0.365 e. The number of hydrogen-bond acceptors (Lipinski definition) is 6. The second-order valence-corrected chi connectivity index (χ2v) is 8.31. The molecule has 1 aromatic carbocycles. The van der Waals surface area contributed by atoms with Crippen molar-refractivity contribution in [2.45, 2.75) is 32.7 Å². The summed E-state index contributed by atoms with van der Waals surface area (Å²) in [6.45, 7) is 4.23. The largest absolute Gasteiger partial charge is 0.412 e. The predicted molar refractivity (Wildman–Crippen MR) is 109 cm³/mol. The SMILES string of the molecule is CC1(C)CC(=O)C2=C(C1)NC(Nc1nc3ccccc3o1)=[NH+][C@@H]2c1cccnc1. The van der Waals surface area contributed by atoms with E-state index in [4.69, 9.17) is 4.42 Å². The number of anilines is 1. The number of carbonyl (C=O) groups excluding carboxylic acids is 1. The zero-order chi connectivity index (χ0) is 20.0. The van der Waals surface area contributed by atoms with Crippen LogP contribution in [0.25, 0.3) is 11.1 Å². The molecule has 3 heterocycles. The number of carbonyl (C=O) groups is 1. The third-order valence-corrected chi connectivity index (χ3v) is 5.32. The summed E-state index contributed by atoms with van der Waals surface area (Å²) >= 11 is 0. The Morgan fingerprint density at radius 1 is 1.21 bits per heavy atom. The molecule has 0 radical (unpaired) electrons. The molecule has 0 saturated heterocycles. The molecule has 1 aliphatic carbocycles. The summed E-state index contributed by atoms with van der Waals surface area (Å²) in [5, 5.41) is 6.56. The number of nitrogens with one attached hydrogen (secondary N) is 3. The highest BCUT2D eigenvalue weighted by Gasteiger charge is 2.42. The van der Waals surface area contributed by atoms with Crippen LogP contribution in [0.3, 0.4) is 0 Å². The molecule has 1 atom stereocenters. The van der Waals surface area contributed by atoms with Gasteiger partial charge in [-0.05, 0) is 23.6 Å². The Labute approximate surface area is 168 Å². The molecule has 146 valence electrons. The lowest BCUT2D eigenvalue weighted by Gasteiger charge is -2.34. The number of para-hydroxylation sites is 2. The van der Waals surface area contributed by atoms with Crippen LogP contribution in [0.15, 0.2) is 64.5 Å². The van der Waals surface area contributed by atoms with Gasteiger partial charge in [0.15, 0.2) is 11.4 Å². The van der Waals surface area contributed by atoms with Crippen LogP contribution in [0.2, 0.25) is 0 Å². The number of fused-ring (bicyclic) bond motifs is 1. The van der Waals surface area contributed by atoms with Crippen molar-refractivity contribution in [2.75, 3.05) is 5.32 Å². The molecule has 0 fully saturated rings. The lowest BCUT2D eigenvalue weighted by molar-refractivity contribution is -0.502. The Bertz CT molecular complexity index is 1130. The first-order valence-corrected chi connectivity index (χ1v) is 9.68. The Morgan fingerprint density at radius 3 is 2.86 bits per heavy atom. The van der Waals surface area contributed by atoms with Crippen molar-refractivity contribution in [3.05, 3.63) is 65.6 Å². The van der Waals surface area contributed by atoms with E-state index in [1.807, 2.05) is 36.4 Å². The number of hydrogen-bond donors (Lipinski definition) is 3. The summed E-state index contributed by atoms with van der Waals surface area (Å²) in [5.74, 6) is 0.792. The maximum absolute atomic E-state index is 13.0. The third kappa shape index (κ3) is 3.29. The molecule has 3 N–H and O–H groups in total. The first-order valence-electron chi connectivity index (χ1n) is 9.68. The molecular formula is C22H22N5O2+. The van der Waals surface area contributed by atoms with Gasteiger partial charge in [0.1, 0.15) is 11.6 Å². The maximum Gasteiger partial charge on any atom is 0.365 e. The average Bonchev–Trinajstić information content (AvgIpc) is 3.09. The van der Waals surface area contributed by atoms with Crippen LogP contribution in [-0.2, 0) is 4.79 Å². The Kier molecular flexibility index (Phi) is 3.97. The minimum Gasteiger partial charge on any atom is -0.412 e. The summed E-state index contributed by atoms with van der Waals surface area (Å²) in [4.78, 5) is 25.1. The molecule has 7 nitrogen and oxygen atoms in total. The molecule has 0 saturated carbocycles. The van der Waals surface area contributed by atoms with Gasteiger partial charge in [0, 0.05) is 30.8 Å². The van der Waals surface area contributed by atoms with Crippen molar-refractivity contribution in [1.29, 1.82) is 0 Å². The van der Waals surface area contributed by atoms with Gasteiger partial charge in [0.05, 0.1) is 11.3 Å². The zero-order valence-electron chi connectivity index (χ0n) is 16.3. The van der Waals surface area contributed by atoms with E-state index in [0.717, 1.165) is 28.8 Å². The van der Waals surface area contributed by atoms with E-state index in [2.05, 4.69) is 39.4 Å². The van der Waals surface area contributed by atoms with E-state index in [9.17, 15) is 4.79 Å². The fourth-order valence-corrected chi connectivity index (χ4v) is 4.08. The van der Waals surface area contributed by atoms with E-state index in [1.54, 1.807) is 12.4 Å². The maximum atomic E-state index is 13.0. The fourth-order valence-electron chi connectivity index (χ4n) is 4.08. The van der Waals surface area contributed by atoms with Crippen LogP contribution in [0.4, 0.5) is 6.01 Å². The quantitative estimate of drug-likeness (QED) is 0.622. The molecule has 0 amide bonds. The highest BCUT2D eigenvalue weighted by molar-refractivity contribution is 6.01. The molecule has 0 bridgehead atoms. The van der Waals surface area contributed by atoms with Gasteiger partial charge in [-0.25, -0.2) is 5.32 Å². The standard InChI is InChI=1S/C22H21N5O2/c1-22(2)10-15-18(16(28)11-22)19(13-6-5-9-23-12-13)26-20(24-15)27-21-25-14-7-3-4-8-17(14)29-21/h3-9,12,19H,10-11H2,1-2H3,(H2,24,25,26,27)/p+1/t19-/m1/s1. The summed E-state index contributed by atoms with van der Waals surface area (Å²) in [7, 11) is 0. The van der Waals surface area contributed by atoms with Gasteiger partial charge in [0.25, 0.3) is 0 Å². The van der Waals surface area contributed by atoms with E-state index >= 15 is 0 Å². The van der Waals surface area contributed by atoms with Gasteiger partial charge in [-0.3, -0.25) is 14.8 Å². The number of Topliss-reactive ketones (excluding diaryl/α,β-unsaturated/α-hetero) is 1. The number of rotatable bonds is 2. The lowest BCUT2D eigenvalue weighted by atomic mass is 9.73. The summed E-state index contributed by atoms with van der Waals surface area (Å²) in [5.41, 5.74) is 4.04. The van der Waals surface area contributed by atoms with Crippen LogP contribution >= 0.6 is 0 Å². The fraction of sp³-hybridized carbons (Fsp3) is 0.273. The summed E-state index contributed by atoms with van der Waals surface area (Å²) < 4.78 is 5.79. The van der Waals surface area contributed by atoms with Gasteiger partial charge in [-0.2, -0.15) is 10.3 Å². The zero-order valence-corrected chi connectivity index (χ0v) is 16.3. The molecule has 7 heteroatoms. The van der Waals surface area contributed by atoms with Crippen LogP contribution < -0.4 is 15.6 Å². The van der Waals surface area contributed by atoms with Gasteiger partial charge in [-0.15, -0.1) is 0 Å². The van der Waals surface area contributed by atoms with Crippen molar-refractivity contribution in [3.8, 4) is 0 Å². The predicted octanol–water partition coefficient (Wildman–Crippen LogP) is 2.06. The van der Waals surface area contributed by atoms with E-state index in [1.165, 1.54) is 0 Å². The number of pyridine rings is 1. The second-order valence-electron chi connectivity index (χ2n) is 8.31. The van der Waals surface area contributed by atoms with E-state index in [0.29, 0.717) is 24.0 Å². The highest BCUT2D eigenvalue weighted by Crippen LogP contribution is 2.39. The number of guanidine groups is 1. The molecule has 0 spiro atoms. The van der Waals surface area contributed by atoms with Crippen LogP contribution in [0, 0.1) is 5.41 Å². The first-order chi connectivity index (χ1) is 14.0. The van der Waals surface area contributed by atoms with Crippen LogP contribution in [-0.4, -0.2) is 21.7 Å². The molecule has 29 heavy (non-hydrogen) atoms. The van der Waals surface area contributed by atoms with Crippen molar-refractivity contribution in [1.82, 2.24) is 15.3 Å². The Morgan fingerprint density at radius 2 is 2.07 bits per heavy atom.